The summed E-state index contributed by atoms with van der Waals surface area (Å²) < 4.78 is 0. The van der Waals surface area contributed by atoms with Crippen LogP contribution in [0.5, 0.6) is 0 Å². The number of hydrogen-bond acceptors (Lipinski definition) is 2. The van der Waals surface area contributed by atoms with E-state index < -0.39 is 0 Å². The molecule has 0 aromatic heterocycles. The maximum absolute atomic E-state index is 12.3. The lowest BCUT2D eigenvalue weighted by Crippen LogP contribution is -2.27. The average molecular weight is 309 g/mol. The zero-order valence-electron chi connectivity index (χ0n) is 13.3. The quantitative estimate of drug-likeness (QED) is 0.835. The number of amides is 1. The fourth-order valence-corrected chi connectivity index (χ4v) is 3.42. The van der Waals surface area contributed by atoms with Gasteiger partial charge in [0.25, 0.3) is 0 Å². The molecule has 0 fully saturated rings. The molecule has 0 bridgehead atoms. The SMILES string of the molecule is O=C(CC1c2ccccc2CCc2ccccc21)NCCCO. The van der Waals surface area contributed by atoms with Crippen LogP contribution in [0.4, 0.5) is 0 Å². The first kappa shape index (κ1) is 15.8. The summed E-state index contributed by atoms with van der Waals surface area (Å²) in [5.74, 6) is 0.161. The van der Waals surface area contributed by atoms with Crippen LogP contribution in [0.1, 0.15) is 41.0 Å². The Morgan fingerprint density at radius 2 is 1.57 bits per heavy atom. The molecule has 1 amide bonds. The lowest BCUT2D eigenvalue weighted by Gasteiger charge is -2.20. The van der Waals surface area contributed by atoms with Gasteiger partial charge in [-0.25, -0.2) is 0 Å². The van der Waals surface area contributed by atoms with Crippen molar-refractivity contribution in [3.63, 3.8) is 0 Å². The molecule has 3 nitrogen and oxygen atoms in total. The topological polar surface area (TPSA) is 49.3 Å². The van der Waals surface area contributed by atoms with Crippen LogP contribution in [0.25, 0.3) is 0 Å². The van der Waals surface area contributed by atoms with Gasteiger partial charge < -0.3 is 10.4 Å². The van der Waals surface area contributed by atoms with Gasteiger partial charge in [0.15, 0.2) is 0 Å². The molecule has 0 aliphatic heterocycles. The number of nitrogens with one attached hydrogen (secondary N) is 1. The van der Waals surface area contributed by atoms with E-state index in [1.54, 1.807) is 0 Å². The largest absolute Gasteiger partial charge is 0.396 e. The summed E-state index contributed by atoms with van der Waals surface area (Å²) in [6.45, 7) is 0.640. The predicted molar refractivity (Wildman–Crippen MR) is 91.5 cm³/mol. The van der Waals surface area contributed by atoms with E-state index in [0.29, 0.717) is 19.4 Å². The first-order valence-electron chi connectivity index (χ1n) is 8.32. The van der Waals surface area contributed by atoms with Gasteiger partial charge >= 0.3 is 0 Å². The van der Waals surface area contributed by atoms with Crippen LogP contribution in [0.3, 0.4) is 0 Å². The fraction of sp³-hybridized carbons (Fsp3) is 0.350. The van der Waals surface area contributed by atoms with Crippen LogP contribution >= 0.6 is 0 Å². The third-order valence-corrected chi connectivity index (χ3v) is 4.57. The van der Waals surface area contributed by atoms with E-state index >= 15 is 0 Å². The standard InChI is InChI=1S/C20H23NO2/c22-13-5-12-21-20(23)14-19-17-8-3-1-6-15(17)10-11-16-7-2-4-9-18(16)19/h1-4,6-9,19,22H,5,10-14H2,(H,21,23). The minimum Gasteiger partial charge on any atom is -0.396 e. The third-order valence-electron chi connectivity index (χ3n) is 4.57. The van der Waals surface area contributed by atoms with Crippen molar-refractivity contribution in [3.05, 3.63) is 70.8 Å². The molecule has 3 heteroatoms. The number of aliphatic hydroxyl groups excluding tert-OH is 1. The molecule has 0 radical (unpaired) electrons. The smallest absolute Gasteiger partial charge is 0.220 e. The number of carbonyl (C=O) groups is 1. The number of rotatable bonds is 5. The summed E-state index contributed by atoms with van der Waals surface area (Å²) in [4.78, 5) is 12.3. The summed E-state index contributed by atoms with van der Waals surface area (Å²) in [7, 11) is 0. The van der Waals surface area contributed by atoms with Gasteiger partial charge in [-0.2, -0.15) is 0 Å². The molecular weight excluding hydrogens is 286 g/mol. The molecule has 0 unspecified atom stereocenters. The van der Waals surface area contributed by atoms with Crippen molar-refractivity contribution in [1.29, 1.82) is 0 Å². The van der Waals surface area contributed by atoms with Crippen LogP contribution in [0, 0.1) is 0 Å². The zero-order chi connectivity index (χ0) is 16.1. The van der Waals surface area contributed by atoms with E-state index in [2.05, 4.69) is 53.8 Å². The number of aryl methyl sites for hydroxylation is 2. The summed E-state index contributed by atoms with van der Waals surface area (Å²) in [6, 6.07) is 16.9. The van der Waals surface area contributed by atoms with Gasteiger partial charge in [-0.3, -0.25) is 4.79 Å². The van der Waals surface area contributed by atoms with E-state index in [1.807, 2.05) is 0 Å². The van der Waals surface area contributed by atoms with Crippen molar-refractivity contribution in [2.24, 2.45) is 0 Å². The molecule has 0 heterocycles. The van der Waals surface area contributed by atoms with Gasteiger partial charge in [0.05, 0.1) is 0 Å². The summed E-state index contributed by atoms with van der Waals surface area (Å²) >= 11 is 0. The van der Waals surface area contributed by atoms with Crippen LogP contribution in [0.2, 0.25) is 0 Å². The number of fused-ring (bicyclic) bond motifs is 2. The maximum Gasteiger partial charge on any atom is 0.220 e. The van der Waals surface area contributed by atoms with Gasteiger partial charge in [-0.15, -0.1) is 0 Å². The van der Waals surface area contributed by atoms with Gasteiger partial charge in [0.2, 0.25) is 5.91 Å². The van der Waals surface area contributed by atoms with E-state index in [-0.39, 0.29) is 18.4 Å². The van der Waals surface area contributed by atoms with Gasteiger partial charge in [0.1, 0.15) is 0 Å². The van der Waals surface area contributed by atoms with Crippen molar-refractivity contribution in [3.8, 4) is 0 Å². The van der Waals surface area contributed by atoms with Gasteiger partial charge in [-0.1, -0.05) is 48.5 Å². The second kappa shape index (κ2) is 7.42. The first-order valence-corrected chi connectivity index (χ1v) is 8.32. The van der Waals surface area contributed by atoms with Crippen LogP contribution in [-0.2, 0) is 17.6 Å². The normalized spacial score (nSPS) is 13.8. The molecule has 2 aromatic rings. The highest BCUT2D eigenvalue weighted by atomic mass is 16.3. The average Bonchev–Trinajstić information content (AvgIpc) is 2.73. The third kappa shape index (κ3) is 3.62. The lowest BCUT2D eigenvalue weighted by atomic mass is 9.85. The Bertz CT molecular complexity index is 633. The summed E-state index contributed by atoms with van der Waals surface area (Å²) in [6.07, 6.45) is 3.11. The molecule has 0 spiro atoms. The Labute approximate surface area is 137 Å². The number of benzene rings is 2. The second-order valence-corrected chi connectivity index (χ2v) is 6.08. The number of aliphatic hydroxyl groups is 1. The zero-order valence-corrected chi connectivity index (χ0v) is 13.3. The van der Waals surface area contributed by atoms with Gasteiger partial charge in [0, 0.05) is 25.5 Å². The predicted octanol–water partition coefficient (Wildman–Crippen LogP) is 2.81. The summed E-state index contributed by atoms with van der Waals surface area (Å²) in [5.41, 5.74) is 5.23. The highest BCUT2D eigenvalue weighted by molar-refractivity contribution is 5.77. The van der Waals surface area contributed by atoms with Crippen LogP contribution in [0.15, 0.2) is 48.5 Å². The Morgan fingerprint density at radius 3 is 2.13 bits per heavy atom. The van der Waals surface area contributed by atoms with Crippen molar-refractivity contribution in [1.82, 2.24) is 5.32 Å². The molecule has 0 saturated carbocycles. The fourth-order valence-electron chi connectivity index (χ4n) is 3.42. The highest BCUT2D eigenvalue weighted by Crippen LogP contribution is 2.36. The maximum atomic E-state index is 12.3. The Balaban J connectivity index is 1.89. The first-order chi connectivity index (χ1) is 11.3. The van der Waals surface area contributed by atoms with Crippen LogP contribution in [-0.4, -0.2) is 24.2 Å². The molecule has 0 atom stereocenters. The molecule has 1 aliphatic carbocycles. The molecule has 3 rings (SSSR count). The second-order valence-electron chi connectivity index (χ2n) is 6.08. The molecule has 2 aromatic carbocycles. The number of hydrogen-bond donors (Lipinski definition) is 2. The molecular formula is C20H23NO2. The minimum atomic E-state index is 0.0509. The van der Waals surface area contributed by atoms with Gasteiger partial charge in [-0.05, 0) is 41.5 Å². The van der Waals surface area contributed by atoms with E-state index in [4.69, 9.17) is 5.11 Å². The molecule has 2 N–H and O–H groups in total. The molecule has 120 valence electrons. The van der Waals surface area contributed by atoms with Crippen molar-refractivity contribution in [2.75, 3.05) is 13.2 Å². The minimum absolute atomic E-state index is 0.0509. The Hall–Kier alpha value is -2.13. The Morgan fingerprint density at radius 1 is 1.00 bits per heavy atom. The summed E-state index contributed by atoms with van der Waals surface area (Å²) in [5, 5.41) is 11.8. The van der Waals surface area contributed by atoms with Crippen molar-refractivity contribution < 1.29 is 9.90 Å². The molecule has 1 aliphatic rings. The van der Waals surface area contributed by atoms with E-state index in [1.165, 1.54) is 22.3 Å². The van der Waals surface area contributed by atoms with Crippen molar-refractivity contribution in [2.45, 2.75) is 31.6 Å². The number of carbonyl (C=O) groups excluding carboxylic acids is 1. The van der Waals surface area contributed by atoms with Crippen LogP contribution < -0.4 is 5.32 Å². The highest BCUT2D eigenvalue weighted by Gasteiger charge is 2.25. The Kier molecular flexibility index (Phi) is 5.09. The molecule has 0 saturated heterocycles. The van der Waals surface area contributed by atoms with E-state index in [0.717, 1.165) is 12.8 Å². The monoisotopic (exact) mass is 309 g/mol. The van der Waals surface area contributed by atoms with E-state index in [9.17, 15) is 4.79 Å². The molecule has 23 heavy (non-hydrogen) atoms. The lowest BCUT2D eigenvalue weighted by molar-refractivity contribution is -0.121. The van der Waals surface area contributed by atoms with Crippen molar-refractivity contribution >= 4 is 5.91 Å².